The van der Waals surface area contributed by atoms with Gasteiger partial charge in [-0.05, 0) is 12.1 Å². The second kappa shape index (κ2) is 4.96. The molecule has 0 bridgehead atoms. The summed E-state index contributed by atoms with van der Waals surface area (Å²) in [5, 5.41) is 8.75. The van der Waals surface area contributed by atoms with Crippen molar-refractivity contribution >= 4 is 51.8 Å². The molecule has 1 heterocycles. The first-order valence-corrected chi connectivity index (χ1v) is 6.27. The van der Waals surface area contributed by atoms with Gasteiger partial charge in [0.2, 0.25) is 3.79 Å². The van der Waals surface area contributed by atoms with Gasteiger partial charge < -0.3 is 9.67 Å². The number of aliphatic carboxylic acids is 1. The Morgan fingerprint density at radius 2 is 2.00 bits per heavy atom. The molecule has 1 N–H and O–H groups in total. The van der Waals surface area contributed by atoms with E-state index < -0.39 is 9.76 Å². The lowest BCUT2D eigenvalue weighted by Gasteiger charge is -2.13. The number of aryl methyl sites for hydroxylation is 1. The summed E-state index contributed by atoms with van der Waals surface area (Å²) >= 11 is 17.6. The van der Waals surface area contributed by atoms with Crippen molar-refractivity contribution < 1.29 is 9.90 Å². The number of imidazole rings is 1. The molecule has 0 spiro atoms. The average Bonchev–Trinajstić information content (AvgIpc) is 2.64. The van der Waals surface area contributed by atoms with Crippen LogP contribution >= 0.6 is 34.8 Å². The van der Waals surface area contributed by atoms with Gasteiger partial charge in [0.05, 0.1) is 17.5 Å². The van der Waals surface area contributed by atoms with Crippen molar-refractivity contribution in [2.45, 2.75) is 16.8 Å². The Morgan fingerprint density at radius 3 is 2.61 bits per heavy atom. The van der Waals surface area contributed by atoms with Crippen LogP contribution in [0.5, 0.6) is 0 Å². The summed E-state index contributed by atoms with van der Waals surface area (Å²) in [6, 6.07) is 7.24. The van der Waals surface area contributed by atoms with Crippen molar-refractivity contribution in [3.8, 4) is 0 Å². The molecule has 0 aliphatic carbocycles. The van der Waals surface area contributed by atoms with Crippen LogP contribution in [0.25, 0.3) is 11.0 Å². The summed E-state index contributed by atoms with van der Waals surface area (Å²) in [6.07, 6.45) is -0.0614. The number of halogens is 3. The Labute approximate surface area is 118 Å². The fourth-order valence-corrected chi connectivity index (χ4v) is 2.16. The van der Waals surface area contributed by atoms with Crippen LogP contribution in [0, 0.1) is 0 Å². The molecule has 7 heteroatoms. The Morgan fingerprint density at radius 1 is 1.33 bits per heavy atom. The fourth-order valence-electron chi connectivity index (χ4n) is 1.73. The molecule has 2 aromatic rings. The molecule has 96 valence electrons. The number of para-hydroxylation sites is 2. The molecule has 0 aliphatic rings. The molecule has 1 aromatic heterocycles. The third kappa shape index (κ3) is 2.71. The number of alkyl halides is 3. The molecule has 0 saturated carbocycles. The fraction of sp³-hybridized carbons (Fsp3) is 0.273. The smallest absolute Gasteiger partial charge is 0.305 e. The van der Waals surface area contributed by atoms with Crippen LogP contribution in [0.3, 0.4) is 0 Å². The van der Waals surface area contributed by atoms with E-state index in [1.807, 2.05) is 18.2 Å². The highest BCUT2D eigenvalue weighted by Crippen LogP contribution is 2.39. The molecule has 1 aromatic carbocycles. The first-order chi connectivity index (χ1) is 8.39. The van der Waals surface area contributed by atoms with Crippen molar-refractivity contribution in [3.63, 3.8) is 0 Å². The third-order valence-electron chi connectivity index (χ3n) is 2.46. The maximum absolute atomic E-state index is 10.7. The highest BCUT2D eigenvalue weighted by Gasteiger charge is 2.30. The van der Waals surface area contributed by atoms with E-state index in [0.29, 0.717) is 5.52 Å². The highest BCUT2D eigenvalue weighted by molar-refractivity contribution is 6.66. The van der Waals surface area contributed by atoms with Gasteiger partial charge in [0.1, 0.15) is 0 Å². The van der Waals surface area contributed by atoms with Gasteiger partial charge in [-0.3, -0.25) is 4.79 Å². The van der Waals surface area contributed by atoms with E-state index >= 15 is 0 Å². The number of hydrogen-bond donors (Lipinski definition) is 1. The first-order valence-electron chi connectivity index (χ1n) is 5.14. The third-order valence-corrected chi connectivity index (χ3v) is 2.96. The number of benzene rings is 1. The summed E-state index contributed by atoms with van der Waals surface area (Å²) in [5.74, 6) is -0.682. The second-order valence-corrected chi connectivity index (χ2v) is 6.00. The average molecular weight is 308 g/mol. The molecule has 0 fully saturated rings. The number of carbonyl (C=O) groups is 1. The van der Waals surface area contributed by atoms with E-state index in [2.05, 4.69) is 4.98 Å². The maximum atomic E-state index is 10.7. The Bertz CT molecular complexity index is 589. The highest BCUT2D eigenvalue weighted by atomic mass is 35.6. The standard InChI is InChI=1S/C11H9Cl3N2O2/c12-11(13,14)10-15-7-3-1-2-4-8(7)16(10)6-5-9(17)18/h1-4H,5-6H2,(H,17,18). The van der Waals surface area contributed by atoms with Gasteiger partial charge >= 0.3 is 5.97 Å². The SMILES string of the molecule is O=C(O)CCn1c(C(Cl)(Cl)Cl)nc2ccccc21. The van der Waals surface area contributed by atoms with Crippen molar-refractivity contribution in [3.05, 3.63) is 30.1 Å². The minimum atomic E-state index is -1.68. The monoisotopic (exact) mass is 306 g/mol. The van der Waals surface area contributed by atoms with Crippen LogP contribution in [0.2, 0.25) is 0 Å². The summed E-state index contributed by atoms with van der Waals surface area (Å²) in [4.78, 5) is 14.9. The minimum Gasteiger partial charge on any atom is -0.481 e. The molecule has 4 nitrogen and oxygen atoms in total. The van der Waals surface area contributed by atoms with Gasteiger partial charge in [-0.25, -0.2) is 4.98 Å². The van der Waals surface area contributed by atoms with E-state index in [1.165, 1.54) is 0 Å². The Kier molecular flexibility index (Phi) is 3.71. The lowest BCUT2D eigenvalue weighted by Crippen LogP contribution is -2.14. The molecule has 2 rings (SSSR count). The lowest BCUT2D eigenvalue weighted by molar-refractivity contribution is -0.137. The number of aromatic nitrogens is 2. The number of carboxylic acids is 1. The molecule has 0 radical (unpaired) electrons. The van der Waals surface area contributed by atoms with Gasteiger partial charge in [0.15, 0.2) is 5.82 Å². The van der Waals surface area contributed by atoms with E-state index in [9.17, 15) is 4.79 Å². The molecule has 0 saturated heterocycles. The first kappa shape index (κ1) is 13.5. The van der Waals surface area contributed by atoms with Crippen molar-refractivity contribution in [2.75, 3.05) is 0 Å². The van der Waals surface area contributed by atoms with Crippen LogP contribution in [-0.2, 0) is 15.1 Å². The topological polar surface area (TPSA) is 55.1 Å². The van der Waals surface area contributed by atoms with Crippen molar-refractivity contribution in [1.82, 2.24) is 9.55 Å². The van der Waals surface area contributed by atoms with Crippen LogP contribution in [0.1, 0.15) is 12.2 Å². The molecule has 0 aliphatic heterocycles. The largest absolute Gasteiger partial charge is 0.481 e. The normalized spacial score (nSPS) is 11.9. The zero-order valence-corrected chi connectivity index (χ0v) is 11.4. The Balaban J connectivity index is 2.54. The van der Waals surface area contributed by atoms with Crippen LogP contribution in [-0.4, -0.2) is 20.6 Å². The van der Waals surface area contributed by atoms with E-state index in [1.54, 1.807) is 10.6 Å². The predicted molar refractivity (Wildman–Crippen MR) is 71.2 cm³/mol. The van der Waals surface area contributed by atoms with Gasteiger partial charge in [0, 0.05) is 6.54 Å². The molecule has 18 heavy (non-hydrogen) atoms. The van der Waals surface area contributed by atoms with Crippen LogP contribution < -0.4 is 0 Å². The summed E-state index contributed by atoms with van der Waals surface area (Å²) in [5.41, 5.74) is 1.42. The number of hydrogen-bond acceptors (Lipinski definition) is 2. The van der Waals surface area contributed by atoms with E-state index in [-0.39, 0.29) is 18.8 Å². The Hall–Kier alpha value is -0.970. The molecule has 0 unspecified atom stereocenters. The number of carboxylic acid groups (broad SMARTS) is 1. The quantitative estimate of drug-likeness (QED) is 0.885. The predicted octanol–water partition coefficient (Wildman–Crippen LogP) is 3.34. The number of nitrogens with zero attached hydrogens (tertiary/aromatic N) is 2. The van der Waals surface area contributed by atoms with Gasteiger partial charge in [-0.2, -0.15) is 0 Å². The second-order valence-electron chi connectivity index (χ2n) is 3.72. The minimum absolute atomic E-state index is 0.0614. The zero-order valence-electron chi connectivity index (χ0n) is 9.11. The summed E-state index contributed by atoms with van der Waals surface area (Å²) < 4.78 is -0.0615. The summed E-state index contributed by atoms with van der Waals surface area (Å²) in [7, 11) is 0. The molecule has 0 amide bonds. The number of rotatable bonds is 3. The van der Waals surface area contributed by atoms with E-state index in [0.717, 1.165) is 5.52 Å². The lowest BCUT2D eigenvalue weighted by atomic mass is 10.3. The van der Waals surface area contributed by atoms with Crippen LogP contribution in [0.4, 0.5) is 0 Å². The summed E-state index contributed by atoms with van der Waals surface area (Å²) in [6.45, 7) is 0.207. The maximum Gasteiger partial charge on any atom is 0.305 e. The molecular formula is C11H9Cl3N2O2. The molecular weight excluding hydrogens is 298 g/mol. The molecule has 0 atom stereocenters. The van der Waals surface area contributed by atoms with Gasteiger partial charge in [-0.15, -0.1) is 0 Å². The van der Waals surface area contributed by atoms with Gasteiger partial charge in [-0.1, -0.05) is 46.9 Å². The van der Waals surface area contributed by atoms with Crippen molar-refractivity contribution in [1.29, 1.82) is 0 Å². The number of fused-ring (bicyclic) bond motifs is 1. The van der Waals surface area contributed by atoms with Gasteiger partial charge in [0.25, 0.3) is 0 Å². The van der Waals surface area contributed by atoms with Crippen LogP contribution in [0.15, 0.2) is 24.3 Å². The van der Waals surface area contributed by atoms with Crippen molar-refractivity contribution in [2.24, 2.45) is 0 Å². The zero-order chi connectivity index (χ0) is 13.3. The van der Waals surface area contributed by atoms with E-state index in [4.69, 9.17) is 39.9 Å².